The molecule has 3 aromatic carbocycles. The third kappa shape index (κ3) is 7.05. The first-order valence-corrected chi connectivity index (χ1v) is 12.5. The summed E-state index contributed by atoms with van der Waals surface area (Å²) in [5.74, 6) is 0.830. The van der Waals surface area contributed by atoms with Crippen LogP contribution in [0.4, 0.5) is 15.6 Å². The lowest BCUT2D eigenvalue weighted by atomic mass is 10.1. The number of aromatic nitrogens is 2. The van der Waals surface area contributed by atoms with E-state index in [1.165, 1.54) is 11.3 Å². The Hall–Kier alpha value is -4.44. The number of para-hydroxylation sites is 2. The Morgan fingerprint density at radius 3 is 2.51 bits per heavy atom. The molecule has 0 aliphatic rings. The van der Waals surface area contributed by atoms with Crippen LogP contribution in [0.15, 0.2) is 78.9 Å². The zero-order chi connectivity index (χ0) is 26.0. The predicted octanol–water partition coefficient (Wildman–Crippen LogP) is 4.98. The highest BCUT2D eigenvalue weighted by Gasteiger charge is 2.23. The summed E-state index contributed by atoms with van der Waals surface area (Å²) in [6.07, 6.45) is 0.286. The molecule has 0 saturated carbocycles. The van der Waals surface area contributed by atoms with E-state index < -0.39 is 18.0 Å². The van der Waals surface area contributed by atoms with Crippen molar-refractivity contribution in [2.24, 2.45) is 0 Å². The van der Waals surface area contributed by atoms with Crippen LogP contribution in [-0.4, -0.2) is 41.9 Å². The molecular formula is C27H27N5O4S. The maximum absolute atomic E-state index is 13.3. The maximum atomic E-state index is 13.3. The molecule has 3 N–H and O–H groups in total. The molecule has 3 amide bonds. The largest absolute Gasteiger partial charge is 0.497 e. The van der Waals surface area contributed by atoms with Gasteiger partial charge in [0.15, 0.2) is 0 Å². The Morgan fingerprint density at radius 1 is 0.946 bits per heavy atom. The van der Waals surface area contributed by atoms with Crippen molar-refractivity contribution in [3.8, 4) is 22.1 Å². The predicted molar refractivity (Wildman–Crippen MR) is 144 cm³/mol. The van der Waals surface area contributed by atoms with Gasteiger partial charge in [-0.25, -0.2) is 4.79 Å². The van der Waals surface area contributed by atoms with Gasteiger partial charge in [-0.3, -0.25) is 10.1 Å². The lowest BCUT2D eigenvalue weighted by Crippen LogP contribution is -2.47. The van der Waals surface area contributed by atoms with Gasteiger partial charge in [0.25, 0.3) is 0 Å². The molecule has 4 aromatic rings. The number of anilines is 2. The summed E-state index contributed by atoms with van der Waals surface area (Å²) >= 11 is 1.23. The van der Waals surface area contributed by atoms with Gasteiger partial charge in [0, 0.05) is 12.0 Å². The molecule has 0 radical (unpaired) electrons. The zero-order valence-electron chi connectivity index (χ0n) is 20.4. The second-order valence-electron chi connectivity index (χ2n) is 7.90. The molecule has 0 bridgehead atoms. The molecule has 0 aliphatic carbocycles. The lowest BCUT2D eigenvalue weighted by molar-refractivity contribution is -0.117. The first-order valence-electron chi connectivity index (χ1n) is 11.7. The van der Waals surface area contributed by atoms with Gasteiger partial charge < -0.3 is 20.1 Å². The highest BCUT2D eigenvalue weighted by atomic mass is 32.1. The van der Waals surface area contributed by atoms with Crippen LogP contribution in [0.3, 0.4) is 0 Å². The molecule has 1 atom stereocenters. The van der Waals surface area contributed by atoms with Crippen molar-refractivity contribution in [2.75, 3.05) is 24.4 Å². The molecule has 1 heterocycles. The highest BCUT2D eigenvalue weighted by molar-refractivity contribution is 7.18. The molecule has 0 fully saturated rings. The Labute approximate surface area is 218 Å². The van der Waals surface area contributed by atoms with E-state index >= 15 is 0 Å². The number of amides is 3. The number of urea groups is 1. The molecule has 1 unspecified atom stereocenters. The van der Waals surface area contributed by atoms with Crippen LogP contribution in [0.1, 0.15) is 12.5 Å². The van der Waals surface area contributed by atoms with E-state index in [0.717, 1.165) is 11.1 Å². The van der Waals surface area contributed by atoms with Crippen molar-refractivity contribution in [1.82, 2.24) is 15.5 Å². The number of nitrogens with zero attached hydrogens (tertiary/aromatic N) is 2. The summed E-state index contributed by atoms with van der Waals surface area (Å²) in [4.78, 5) is 26.1. The normalized spacial score (nSPS) is 11.3. The second kappa shape index (κ2) is 12.5. The van der Waals surface area contributed by atoms with E-state index in [2.05, 4.69) is 26.1 Å². The first kappa shape index (κ1) is 25.6. The number of carbonyl (C=O) groups excluding carboxylic acids is 2. The number of methoxy groups -OCH3 is 1. The summed E-state index contributed by atoms with van der Waals surface area (Å²) in [6, 6.07) is 22.6. The lowest BCUT2D eigenvalue weighted by Gasteiger charge is -2.19. The summed E-state index contributed by atoms with van der Waals surface area (Å²) in [6.45, 7) is 2.32. The van der Waals surface area contributed by atoms with E-state index in [1.807, 2.05) is 67.6 Å². The molecule has 10 heteroatoms. The smallest absolute Gasteiger partial charge is 0.320 e. The number of hydrogen-bond acceptors (Lipinski definition) is 7. The fourth-order valence-electron chi connectivity index (χ4n) is 3.57. The molecule has 1 aromatic heterocycles. The van der Waals surface area contributed by atoms with Gasteiger partial charge in [-0.2, -0.15) is 0 Å². The van der Waals surface area contributed by atoms with Gasteiger partial charge in [-0.05, 0) is 36.8 Å². The van der Waals surface area contributed by atoms with Gasteiger partial charge in [0.2, 0.25) is 11.0 Å². The molecule has 4 rings (SSSR count). The van der Waals surface area contributed by atoms with Crippen molar-refractivity contribution in [3.05, 3.63) is 84.4 Å². The fraction of sp³-hybridized carbons (Fsp3) is 0.185. The number of ether oxygens (including phenoxy) is 2. The van der Waals surface area contributed by atoms with Crippen LogP contribution in [-0.2, 0) is 11.2 Å². The number of benzene rings is 3. The number of hydrogen-bond donors (Lipinski definition) is 3. The monoisotopic (exact) mass is 517 g/mol. The quantitative estimate of drug-likeness (QED) is 0.273. The van der Waals surface area contributed by atoms with E-state index in [9.17, 15) is 9.59 Å². The van der Waals surface area contributed by atoms with Crippen molar-refractivity contribution < 1.29 is 19.1 Å². The summed E-state index contributed by atoms with van der Waals surface area (Å²) < 4.78 is 10.8. The highest BCUT2D eigenvalue weighted by Crippen LogP contribution is 2.29. The van der Waals surface area contributed by atoms with Crippen LogP contribution in [0.25, 0.3) is 10.6 Å². The maximum Gasteiger partial charge on any atom is 0.320 e. The van der Waals surface area contributed by atoms with Gasteiger partial charge in [-0.15, -0.1) is 10.2 Å². The SMILES string of the molecule is CCOc1ccccc1NC(=O)NC(Cc1ccccc1)C(=O)Nc1nnc(-c2cccc(OC)c2)s1. The van der Waals surface area contributed by atoms with Crippen molar-refractivity contribution in [2.45, 2.75) is 19.4 Å². The molecule has 190 valence electrons. The molecular weight excluding hydrogens is 490 g/mol. The van der Waals surface area contributed by atoms with E-state index in [-0.39, 0.29) is 6.42 Å². The zero-order valence-corrected chi connectivity index (χ0v) is 21.2. The van der Waals surface area contributed by atoms with Crippen molar-refractivity contribution in [1.29, 1.82) is 0 Å². The standard InChI is InChI=1S/C27H27N5O4S/c1-3-36-23-15-8-7-14-21(23)28-26(34)29-22(16-18-10-5-4-6-11-18)24(33)30-27-32-31-25(37-27)19-12-9-13-20(17-19)35-2/h4-15,17,22H,3,16H2,1-2H3,(H2,28,29,34)(H,30,32,33). The Bertz CT molecular complexity index is 1350. The van der Waals surface area contributed by atoms with Gasteiger partial charge in [0.1, 0.15) is 22.5 Å². The number of carbonyl (C=O) groups is 2. The first-order chi connectivity index (χ1) is 18.1. The number of rotatable bonds is 10. The molecule has 0 spiro atoms. The van der Waals surface area contributed by atoms with Crippen LogP contribution in [0.2, 0.25) is 0 Å². The summed E-state index contributed by atoms with van der Waals surface area (Å²) in [5.41, 5.74) is 2.23. The average molecular weight is 518 g/mol. The second-order valence-corrected chi connectivity index (χ2v) is 8.88. The van der Waals surface area contributed by atoms with Gasteiger partial charge in [0.05, 0.1) is 19.4 Å². The van der Waals surface area contributed by atoms with Crippen LogP contribution < -0.4 is 25.4 Å². The van der Waals surface area contributed by atoms with Crippen molar-refractivity contribution in [3.63, 3.8) is 0 Å². The van der Waals surface area contributed by atoms with Crippen LogP contribution in [0, 0.1) is 0 Å². The fourth-order valence-corrected chi connectivity index (χ4v) is 4.31. The third-order valence-electron chi connectivity index (χ3n) is 5.31. The van der Waals surface area contributed by atoms with E-state index in [4.69, 9.17) is 9.47 Å². The Kier molecular flexibility index (Phi) is 8.66. The third-order valence-corrected chi connectivity index (χ3v) is 6.20. The van der Waals surface area contributed by atoms with Crippen LogP contribution >= 0.6 is 11.3 Å². The van der Waals surface area contributed by atoms with Crippen molar-refractivity contribution >= 4 is 34.1 Å². The van der Waals surface area contributed by atoms with E-state index in [1.54, 1.807) is 25.3 Å². The van der Waals surface area contributed by atoms with Gasteiger partial charge >= 0.3 is 6.03 Å². The Morgan fingerprint density at radius 2 is 1.73 bits per heavy atom. The van der Waals surface area contributed by atoms with Crippen LogP contribution in [0.5, 0.6) is 11.5 Å². The topological polar surface area (TPSA) is 114 Å². The Balaban J connectivity index is 1.48. The number of nitrogens with one attached hydrogen (secondary N) is 3. The molecule has 37 heavy (non-hydrogen) atoms. The minimum atomic E-state index is -0.870. The average Bonchev–Trinajstić information content (AvgIpc) is 3.38. The summed E-state index contributed by atoms with van der Waals surface area (Å²) in [5, 5.41) is 17.6. The van der Waals surface area contributed by atoms with E-state index in [0.29, 0.717) is 33.9 Å². The minimum Gasteiger partial charge on any atom is -0.497 e. The minimum absolute atomic E-state index is 0.286. The summed E-state index contributed by atoms with van der Waals surface area (Å²) in [7, 11) is 1.59. The molecule has 0 saturated heterocycles. The van der Waals surface area contributed by atoms with Gasteiger partial charge in [-0.1, -0.05) is 65.9 Å². The molecule has 9 nitrogen and oxygen atoms in total. The molecule has 0 aliphatic heterocycles.